The number of piperazine rings is 1. The maximum absolute atomic E-state index is 6.28. The molecule has 0 spiro atoms. The summed E-state index contributed by atoms with van der Waals surface area (Å²) in [6, 6.07) is 3.19. The average Bonchev–Trinajstić information content (AvgIpc) is 2.73. The lowest BCUT2D eigenvalue weighted by atomic mass is 9.93. The van der Waals surface area contributed by atoms with Gasteiger partial charge in [0.05, 0.1) is 0 Å². The summed E-state index contributed by atoms with van der Waals surface area (Å²) in [4.78, 5) is 4.95. The number of aryl methyl sites for hydroxylation is 1. The zero-order valence-electron chi connectivity index (χ0n) is 13.1. The maximum Gasteiger partial charge on any atom is 0.0399 e. The van der Waals surface area contributed by atoms with Crippen molar-refractivity contribution in [1.82, 2.24) is 14.4 Å². The molecule has 4 nitrogen and oxygen atoms in total. The van der Waals surface area contributed by atoms with Gasteiger partial charge in [0, 0.05) is 49.7 Å². The van der Waals surface area contributed by atoms with E-state index in [1.165, 1.54) is 42.9 Å². The van der Waals surface area contributed by atoms with Gasteiger partial charge in [-0.15, -0.1) is 0 Å². The van der Waals surface area contributed by atoms with Gasteiger partial charge in [-0.25, -0.2) is 0 Å². The number of rotatable bonds is 2. The fourth-order valence-corrected chi connectivity index (χ4v) is 3.76. The van der Waals surface area contributed by atoms with Crippen LogP contribution in [0.25, 0.3) is 0 Å². The predicted molar refractivity (Wildman–Crippen MR) is 83.0 cm³/mol. The van der Waals surface area contributed by atoms with E-state index in [0.717, 1.165) is 19.5 Å². The zero-order chi connectivity index (χ0) is 14.3. The van der Waals surface area contributed by atoms with Crippen molar-refractivity contribution >= 4 is 0 Å². The minimum atomic E-state index is 0.255. The van der Waals surface area contributed by atoms with Crippen LogP contribution in [0.1, 0.15) is 35.8 Å². The van der Waals surface area contributed by atoms with Crippen molar-refractivity contribution in [2.75, 3.05) is 33.7 Å². The summed E-state index contributed by atoms with van der Waals surface area (Å²) in [5, 5.41) is 0. The number of hydrogen-bond acceptors (Lipinski definition) is 3. The summed E-state index contributed by atoms with van der Waals surface area (Å²) in [5.74, 6) is 0. The Morgan fingerprint density at radius 3 is 2.90 bits per heavy atom. The Balaban J connectivity index is 1.83. The predicted octanol–water partition coefficient (Wildman–Crippen LogP) is 1.38. The molecule has 2 heterocycles. The molecule has 1 aromatic rings. The van der Waals surface area contributed by atoms with Gasteiger partial charge in [-0.05, 0) is 51.9 Å². The number of hydrogen-bond donors (Lipinski definition) is 1. The number of likely N-dealkylation sites (N-methyl/N-ethyl adjacent to an activating group) is 2. The lowest BCUT2D eigenvalue weighted by Gasteiger charge is -2.38. The quantitative estimate of drug-likeness (QED) is 0.887. The Hall–Kier alpha value is -0.840. The van der Waals surface area contributed by atoms with E-state index in [2.05, 4.69) is 41.5 Å². The van der Waals surface area contributed by atoms with Crippen molar-refractivity contribution in [2.24, 2.45) is 5.73 Å². The van der Waals surface area contributed by atoms with Crippen molar-refractivity contribution < 1.29 is 0 Å². The summed E-state index contributed by atoms with van der Waals surface area (Å²) < 4.78 is 2.54. The van der Waals surface area contributed by atoms with Gasteiger partial charge in [0.2, 0.25) is 0 Å². The first kappa shape index (κ1) is 14.1. The van der Waals surface area contributed by atoms with Crippen LogP contribution in [0.5, 0.6) is 0 Å². The number of nitrogens with zero attached hydrogens (tertiary/aromatic N) is 3. The van der Waals surface area contributed by atoms with Gasteiger partial charge >= 0.3 is 0 Å². The third kappa shape index (κ3) is 2.52. The molecule has 4 heteroatoms. The minimum Gasteiger partial charge on any atom is -0.347 e. The summed E-state index contributed by atoms with van der Waals surface area (Å²) >= 11 is 0. The molecule has 1 saturated heterocycles. The molecular weight excluding hydrogens is 248 g/mol. The standard InChI is InChI=1S/C16H28N4/c1-12-9-14-15(17)5-4-6-16(14)20(12)11-13-10-18(2)7-8-19(13)3/h9,13,15H,4-8,10-11,17H2,1-3H3. The van der Waals surface area contributed by atoms with E-state index in [-0.39, 0.29) is 6.04 Å². The molecule has 1 aromatic heterocycles. The largest absolute Gasteiger partial charge is 0.347 e. The highest BCUT2D eigenvalue weighted by Crippen LogP contribution is 2.31. The highest BCUT2D eigenvalue weighted by atomic mass is 15.3. The van der Waals surface area contributed by atoms with Crippen molar-refractivity contribution in [1.29, 1.82) is 0 Å². The highest BCUT2D eigenvalue weighted by molar-refractivity contribution is 5.32. The van der Waals surface area contributed by atoms with E-state index in [4.69, 9.17) is 5.73 Å². The molecule has 3 rings (SSSR count). The Kier molecular flexibility index (Phi) is 3.89. The Bertz CT molecular complexity index is 479. The zero-order valence-corrected chi connectivity index (χ0v) is 13.1. The monoisotopic (exact) mass is 276 g/mol. The molecule has 112 valence electrons. The van der Waals surface area contributed by atoms with Gasteiger partial charge in [-0.1, -0.05) is 0 Å². The molecule has 20 heavy (non-hydrogen) atoms. The van der Waals surface area contributed by atoms with Gasteiger partial charge in [0.25, 0.3) is 0 Å². The van der Waals surface area contributed by atoms with E-state index < -0.39 is 0 Å². The van der Waals surface area contributed by atoms with Crippen LogP contribution in [0.3, 0.4) is 0 Å². The third-order valence-electron chi connectivity index (χ3n) is 5.15. The van der Waals surface area contributed by atoms with Crippen LogP contribution in [0.2, 0.25) is 0 Å². The molecule has 0 aromatic carbocycles. The molecule has 0 amide bonds. The maximum atomic E-state index is 6.28. The van der Waals surface area contributed by atoms with E-state index in [1.807, 2.05) is 0 Å². The lowest BCUT2D eigenvalue weighted by Crippen LogP contribution is -2.51. The van der Waals surface area contributed by atoms with Crippen molar-refractivity contribution in [2.45, 2.75) is 44.8 Å². The second-order valence-electron chi connectivity index (χ2n) is 6.69. The summed E-state index contributed by atoms with van der Waals surface area (Å²) in [6.07, 6.45) is 3.57. The molecule has 1 fully saturated rings. The second-order valence-corrected chi connectivity index (χ2v) is 6.69. The van der Waals surface area contributed by atoms with Crippen LogP contribution >= 0.6 is 0 Å². The highest BCUT2D eigenvalue weighted by Gasteiger charge is 2.26. The second kappa shape index (κ2) is 5.51. The smallest absolute Gasteiger partial charge is 0.0399 e. The number of nitrogens with two attached hydrogens (primary N) is 1. The fourth-order valence-electron chi connectivity index (χ4n) is 3.76. The van der Waals surface area contributed by atoms with E-state index in [0.29, 0.717) is 6.04 Å². The molecule has 1 aliphatic heterocycles. The van der Waals surface area contributed by atoms with Crippen molar-refractivity contribution in [3.8, 4) is 0 Å². The third-order valence-corrected chi connectivity index (χ3v) is 5.15. The van der Waals surface area contributed by atoms with Gasteiger partial charge in [0.15, 0.2) is 0 Å². The van der Waals surface area contributed by atoms with E-state index in [9.17, 15) is 0 Å². The number of fused-ring (bicyclic) bond motifs is 1. The molecule has 0 bridgehead atoms. The van der Waals surface area contributed by atoms with Crippen LogP contribution in [-0.4, -0.2) is 54.1 Å². The van der Waals surface area contributed by atoms with Gasteiger partial charge in [-0.3, -0.25) is 4.90 Å². The van der Waals surface area contributed by atoms with Crippen LogP contribution in [0, 0.1) is 6.92 Å². The van der Waals surface area contributed by atoms with Crippen molar-refractivity contribution in [3.63, 3.8) is 0 Å². The van der Waals surface area contributed by atoms with Crippen LogP contribution in [-0.2, 0) is 13.0 Å². The van der Waals surface area contributed by atoms with E-state index in [1.54, 1.807) is 0 Å². The normalized spacial score (nSPS) is 28.6. The molecule has 2 unspecified atom stereocenters. The summed E-state index contributed by atoms with van der Waals surface area (Å²) in [6.45, 7) is 6.85. The van der Waals surface area contributed by atoms with Crippen molar-refractivity contribution in [3.05, 3.63) is 23.0 Å². The molecule has 2 atom stereocenters. The average molecular weight is 276 g/mol. The first-order valence-electron chi connectivity index (χ1n) is 7.89. The molecular formula is C16H28N4. The lowest BCUT2D eigenvalue weighted by molar-refractivity contribution is 0.102. The molecule has 0 saturated carbocycles. The fraction of sp³-hybridized carbons (Fsp3) is 0.750. The SMILES string of the molecule is Cc1cc2c(n1CC1CN(C)CCN1C)CCCC2N. The molecule has 2 N–H and O–H groups in total. The summed E-state index contributed by atoms with van der Waals surface area (Å²) in [5.41, 5.74) is 10.6. The first-order valence-corrected chi connectivity index (χ1v) is 7.89. The van der Waals surface area contributed by atoms with Crippen LogP contribution in [0.4, 0.5) is 0 Å². The minimum absolute atomic E-state index is 0.255. The van der Waals surface area contributed by atoms with Crippen LogP contribution in [0.15, 0.2) is 6.07 Å². The Morgan fingerprint density at radius 2 is 2.10 bits per heavy atom. The Morgan fingerprint density at radius 1 is 1.30 bits per heavy atom. The molecule has 0 radical (unpaired) electrons. The molecule has 1 aliphatic carbocycles. The topological polar surface area (TPSA) is 37.4 Å². The number of aromatic nitrogens is 1. The Labute approximate surface area is 122 Å². The molecule has 2 aliphatic rings. The first-order chi connectivity index (χ1) is 9.56. The summed E-state index contributed by atoms with van der Waals surface area (Å²) in [7, 11) is 4.49. The van der Waals surface area contributed by atoms with E-state index >= 15 is 0 Å². The van der Waals surface area contributed by atoms with Gasteiger partial charge in [0.1, 0.15) is 0 Å². The van der Waals surface area contributed by atoms with Crippen LogP contribution < -0.4 is 5.73 Å². The van der Waals surface area contributed by atoms with Gasteiger partial charge < -0.3 is 15.2 Å². The van der Waals surface area contributed by atoms with Gasteiger partial charge in [-0.2, -0.15) is 0 Å².